The SMILES string of the molecule is Cc1cc(C)nc(SCc2c(C(=O)NC(c3ccccc3)c3ccccc3)nnn2-c2ccccc2)n1. The minimum Gasteiger partial charge on any atom is -0.340 e. The number of para-hydroxylation sites is 1. The third kappa shape index (κ3) is 5.76. The summed E-state index contributed by atoms with van der Waals surface area (Å²) >= 11 is 1.46. The van der Waals surface area contributed by atoms with Gasteiger partial charge < -0.3 is 5.32 Å². The van der Waals surface area contributed by atoms with E-state index < -0.39 is 0 Å². The van der Waals surface area contributed by atoms with Gasteiger partial charge in [-0.1, -0.05) is 95.8 Å². The summed E-state index contributed by atoms with van der Waals surface area (Å²) in [5, 5.41) is 12.5. The molecule has 0 bridgehead atoms. The molecule has 2 heterocycles. The minimum atomic E-state index is -0.333. The Morgan fingerprint density at radius 1 is 0.838 bits per heavy atom. The van der Waals surface area contributed by atoms with E-state index in [-0.39, 0.29) is 17.6 Å². The van der Waals surface area contributed by atoms with Crippen LogP contribution < -0.4 is 5.32 Å². The molecule has 1 N–H and O–H groups in total. The number of nitrogens with zero attached hydrogens (tertiary/aromatic N) is 5. The van der Waals surface area contributed by atoms with Crippen molar-refractivity contribution in [1.82, 2.24) is 30.3 Å². The van der Waals surface area contributed by atoms with Crippen molar-refractivity contribution in [2.24, 2.45) is 0 Å². The average molecular weight is 507 g/mol. The fraction of sp³-hybridized carbons (Fsp3) is 0.138. The van der Waals surface area contributed by atoms with Crippen molar-refractivity contribution in [2.45, 2.75) is 30.8 Å². The van der Waals surface area contributed by atoms with Crippen LogP contribution in [0.4, 0.5) is 0 Å². The van der Waals surface area contributed by atoms with Gasteiger partial charge in [-0.05, 0) is 43.2 Å². The molecule has 0 aliphatic heterocycles. The lowest BCUT2D eigenvalue weighted by Crippen LogP contribution is -2.30. The number of hydrogen-bond acceptors (Lipinski definition) is 6. The maximum Gasteiger partial charge on any atom is 0.274 e. The van der Waals surface area contributed by atoms with E-state index in [9.17, 15) is 4.79 Å². The van der Waals surface area contributed by atoms with Crippen LogP contribution in [-0.4, -0.2) is 30.9 Å². The summed E-state index contributed by atoms with van der Waals surface area (Å²) in [6.45, 7) is 3.89. The monoisotopic (exact) mass is 506 g/mol. The number of carbonyl (C=O) groups excluding carboxylic acids is 1. The van der Waals surface area contributed by atoms with Crippen molar-refractivity contribution in [3.63, 3.8) is 0 Å². The van der Waals surface area contributed by atoms with E-state index in [0.717, 1.165) is 28.2 Å². The zero-order chi connectivity index (χ0) is 25.6. The number of amides is 1. The summed E-state index contributed by atoms with van der Waals surface area (Å²) in [5.41, 5.74) is 5.55. The molecule has 0 fully saturated rings. The summed E-state index contributed by atoms with van der Waals surface area (Å²) in [6.07, 6.45) is 0. The van der Waals surface area contributed by atoms with Gasteiger partial charge in [-0.3, -0.25) is 4.79 Å². The van der Waals surface area contributed by atoms with Crippen LogP contribution in [0, 0.1) is 13.8 Å². The lowest BCUT2D eigenvalue weighted by molar-refractivity contribution is 0.0937. The van der Waals surface area contributed by atoms with Gasteiger partial charge in [0.2, 0.25) is 0 Å². The number of aryl methyl sites for hydroxylation is 2. The smallest absolute Gasteiger partial charge is 0.274 e. The van der Waals surface area contributed by atoms with E-state index in [4.69, 9.17) is 0 Å². The van der Waals surface area contributed by atoms with Crippen LogP contribution in [0.25, 0.3) is 5.69 Å². The Balaban J connectivity index is 1.49. The summed E-state index contributed by atoms with van der Waals surface area (Å²) in [6, 6.07) is 31.1. The number of aromatic nitrogens is 5. The number of hydrogen-bond donors (Lipinski definition) is 1. The highest BCUT2D eigenvalue weighted by atomic mass is 32.2. The summed E-state index contributed by atoms with van der Waals surface area (Å²) in [4.78, 5) is 22.8. The fourth-order valence-electron chi connectivity index (χ4n) is 4.12. The predicted octanol–water partition coefficient (Wildman–Crippen LogP) is 5.49. The van der Waals surface area contributed by atoms with Crippen molar-refractivity contribution in [1.29, 1.82) is 0 Å². The normalized spacial score (nSPS) is 11.0. The number of carbonyl (C=O) groups is 1. The maximum absolute atomic E-state index is 13.7. The first-order valence-electron chi connectivity index (χ1n) is 11.9. The minimum absolute atomic E-state index is 0.276. The van der Waals surface area contributed by atoms with E-state index in [1.165, 1.54) is 11.8 Å². The summed E-state index contributed by atoms with van der Waals surface area (Å²) in [7, 11) is 0. The quantitative estimate of drug-likeness (QED) is 0.221. The molecule has 0 atom stereocenters. The number of rotatable bonds is 8. The first-order valence-corrected chi connectivity index (χ1v) is 12.9. The lowest BCUT2D eigenvalue weighted by atomic mass is 9.98. The Morgan fingerprint density at radius 3 is 1.95 bits per heavy atom. The van der Waals surface area contributed by atoms with Crippen LogP contribution in [0.1, 0.15) is 44.7 Å². The van der Waals surface area contributed by atoms with Gasteiger partial charge in [-0.25, -0.2) is 14.6 Å². The number of benzene rings is 3. The molecule has 5 rings (SSSR count). The first kappa shape index (κ1) is 24.4. The van der Waals surface area contributed by atoms with Crippen LogP contribution in [0.5, 0.6) is 0 Å². The second-order valence-electron chi connectivity index (χ2n) is 8.58. The highest BCUT2D eigenvalue weighted by Gasteiger charge is 2.25. The van der Waals surface area contributed by atoms with Crippen LogP contribution in [0.15, 0.2) is 102 Å². The second kappa shape index (κ2) is 11.2. The Bertz CT molecular complexity index is 1430. The van der Waals surface area contributed by atoms with Gasteiger partial charge in [0.25, 0.3) is 5.91 Å². The average Bonchev–Trinajstić information content (AvgIpc) is 3.35. The van der Waals surface area contributed by atoms with E-state index in [1.807, 2.05) is 111 Å². The Labute approximate surface area is 220 Å². The molecule has 3 aromatic carbocycles. The largest absolute Gasteiger partial charge is 0.340 e. The zero-order valence-electron chi connectivity index (χ0n) is 20.6. The molecule has 8 heteroatoms. The third-order valence-electron chi connectivity index (χ3n) is 5.82. The molecule has 0 radical (unpaired) electrons. The highest BCUT2D eigenvalue weighted by molar-refractivity contribution is 7.98. The van der Waals surface area contributed by atoms with Gasteiger partial charge in [-0.15, -0.1) is 5.10 Å². The number of nitrogens with one attached hydrogen (secondary N) is 1. The van der Waals surface area contributed by atoms with Gasteiger partial charge in [0.15, 0.2) is 10.9 Å². The first-order chi connectivity index (χ1) is 18.1. The molecule has 0 spiro atoms. The third-order valence-corrected chi connectivity index (χ3v) is 6.68. The molecular formula is C29H26N6OS. The van der Waals surface area contributed by atoms with Gasteiger partial charge in [0.1, 0.15) is 0 Å². The molecule has 37 heavy (non-hydrogen) atoms. The van der Waals surface area contributed by atoms with Crippen molar-refractivity contribution in [2.75, 3.05) is 0 Å². The molecule has 0 saturated carbocycles. The van der Waals surface area contributed by atoms with Crippen molar-refractivity contribution < 1.29 is 4.79 Å². The molecule has 5 aromatic rings. The predicted molar refractivity (Wildman–Crippen MR) is 145 cm³/mol. The Kier molecular flexibility index (Phi) is 7.37. The topological polar surface area (TPSA) is 85.6 Å². The highest BCUT2D eigenvalue weighted by Crippen LogP contribution is 2.26. The number of thioether (sulfide) groups is 1. The lowest BCUT2D eigenvalue weighted by Gasteiger charge is -2.19. The van der Waals surface area contributed by atoms with E-state index >= 15 is 0 Å². The molecule has 0 saturated heterocycles. The van der Waals surface area contributed by atoms with Crippen molar-refractivity contribution in [3.8, 4) is 5.69 Å². The molecule has 0 aliphatic rings. The molecular weight excluding hydrogens is 480 g/mol. The van der Waals surface area contributed by atoms with E-state index in [1.54, 1.807) is 4.68 Å². The van der Waals surface area contributed by atoms with E-state index in [0.29, 0.717) is 16.6 Å². The molecule has 184 valence electrons. The maximum atomic E-state index is 13.7. The van der Waals surface area contributed by atoms with Gasteiger partial charge in [-0.2, -0.15) is 0 Å². The van der Waals surface area contributed by atoms with Gasteiger partial charge >= 0.3 is 0 Å². The van der Waals surface area contributed by atoms with Crippen LogP contribution in [-0.2, 0) is 5.75 Å². The van der Waals surface area contributed by atoms with Crippen molar-refractivity contribution in [3.05, 3.63) is 131 Å². The van der Waals surface area contributed by atoms with Crippen LogP contribution >= 0.6 is 11.8 Å². The van der Waals surface area contributed by atoms with Gasteiger partial charge in [0.05, 0.1) is 17.4 Å². The Hall–Kier alpha value is -4.30. The van der Waals surface area contributed by atoms with Crippen LogP contribution in [0.3, 0.4) is 0 Å². The standard InChI is InChI=1S/C29H26N6OS/c1-20-18-21(2)31-29(30-20)37-19-25-27(33-34-35(25)24-16-10-5-11-17-24)28(36)32-26(22-12-6-3-7-13-22)23-14-8-4-9-15-23/h3-18,26H,19H2,1-2H3,(H,32,36). The summed E-state index contributed by atoms with van der Waals surface area (Å²) < 4.78 is 1.71. The molecule has 7 nitrogen and oxygen atoms in total. The second-order valence-corrected chi connectivity index (χ2v) is 9.52. The van der Waals surface area contributed by atoms with Gasteiger partial charge in [0, 0.05) is 17.1 Å². The molecule has 2 aromatic heterocycles. The molecule has 0 unspecified atom stereocenters. The summed E-state index contributed by atoms with van der Waals surface area (Å²) in [5.74, 6) is 0.131. The van der Waals surface area contributed by atoms with E-state index in [2.05, 4.69) is 25.6 Å². The Morgan fingerprint density at radius 2 is 1.38 bits per heavy atom. The van der Waals surface area contributed by atoms with Crippen LogP contribution in [0.2, 0.25) is 0 Å². The fourth-order valence-corrected chi connectivity index (χ4v) is 5.07. The molecule has 0 aliphatic carbocycles. The zero-order valence-corrected chi connectivity index (χ0v) is 21.4. The molecule has 1 amide bonds. The van der Waals surface area contributed by atoms with Crippen molar-refractivity contribution >= 4 is 17.7 Å².